The number of piperidine rings is 1. The Hall–Kier alpha value is -2.14. The standard InChI is InChI=1S/C23H30N2O2S/c1-22(2,3)21(27)25-12-7-11-23(16-25,20(26)24-4)15-17-8-5-9-18(14-17)19-10-6-13-28-19/h5-6,8-10,13-14H,7,11-12,15-16H2,1-4H3,(H,24,26)/t23-/m0/s1. The van der Waals surface area contributed by atoms with Crippen LogP contribution < -0.4 is 5.32 Å². The van der Waals surface area contributed by atoms with Crippen molar-refractivity contribution in [3.63, 3.8) is 0 Å². The van der Waals surface area contributed by atoms with Crippen LogP contribution in [-0.4, -0.2) is 36.9 Å². The molecule has 0 unspecified atom stereocenters. The van der Waals surface area contributed by atoms with E-state index in [9.17, 15) is 9.59 Å². The maximum absolute atomic E-state index is 13.0. The predicted molar refractivity (Wildman–Crippen MR) is 115 cm³/mol. The van der Waals surface area contributed by atoms with E-state index in [1.807, 2.05) is 25.7 Å². The van der Waals surface area contributed by atoms with Gasteiger partial charge in [0.2, 0.25) is 11.8 Å². The van der Waals surface area contributed by atoms with Gasteiger partial charge in [-0.25, -0.2) is 0 Å². The number of nitrogens with one attached hydrogen (secondary N) is 1. The molecule has 1 aliphatic heterocycles. The SMILES string of the molecule is CNC(=O)[C@]1(Cc2cccc(-c3cccs3)c2)CCCN(C(=O)C(C)(C)C)C1. The van der Waals surface area contributed by atoms with Crippen molar-refractivity contribution in [2.75, 3.05) is 20.1 Å². The van der Waals surface area contributed by atoms with Gasteiger partial charge >= 0.3 is 0 Å². The van der Waals surface area contributed by atoms with E-state index in [4.69, 9.17) is 0 Å². The Morgan fingerprint density at radius 1 is 1.21 bits per heavy atom. The van der Waals surface area contributed by atoms with Crippen molar-refractivity contribution >= 4 is 23.2 Å². The van der Waals surface area contributed by atoms with E-state index in [2.05, 4.69) is 47.1 Å². The number of thiophene rings is 1. The van der Waals surface area contributed by atoms with Crippen LogP contribution in [0.15, 0.2) is 41.8 Å². The minimum Gasteiger partial charge on any atom is -0.359 e. The van der Waals surface area contributed by atoms with Gasteiger partial charge in [0.25, 0.3) is 0 Å². The Morgan fingerprint density at radius 2 is 2.00 bits per heavy atom. The summed E-state index contributed by atoms with van der Waals surface area (Å²) in [6.45, 7) is 7.03. The maximum atomic E-state index is 13.0. The van der Waals surface area contributed by atoms with Crippen LogP contribution in [0, 0.1) is 10.8 Å². The highest BCUT2D eigenvalue weighted by Gasteiger charge is 2.44. The van der Waals surface area contributed by atoms with Crippen molar-refractivity contribution in [3.8, 4) is 10.4 Å². The molecule has 28 heavy (non-hydrogen) atoms. The second kappa shape index (κ2) is 8.08. The number of carbonyl (C=O) groups excluding carboxylic acids is 2. The molecule has 1 saturated heterocycles. The van der Waals surface area contributed by atoms with Gasteiger partial charge in [0, 0.05) is 30.4 Å². The summed E-state index contributed by atoms with van der Waals surface area (Å²) >= 11 is 1.72. The van der Waals surface area contributed by atoms with Crippen molar-refractivity contribution in [1.82, 2.24) is 10.2 Å². The quantitative estimate of drug-likeness (QED) is 0.832. The van der Waals surface area contributed by atoms with E-state index in [-0.39, 0.29) is 11.8 Å². The topological polar surface area (TPSA) is 49.4 Å². The van der Waals surface area contributed by atoms with Crippen LogP contribution >= 0.6 is 11.3 Å². The molecule has 4 nitrogen and oxygen atoms in total. The Labute approximate surface area is 172 Å². The largest absolute Gasteiger partial charge is 0.359 e. The van der Waals surface area contributed by atoms with E-state index in [1.54, 1.807) is 18.4 Å². The van der Waals surface area contributed by atoms with E-state index in [1.165, 1.54) is 10.4 Å². The number of carbonyl (C=O) groups is 2. The van der Waals surface area contributed by atoms with E-state index in [0.29, 0.717) is 13.0 Å². The molecule has 5 heteroatoms. The number of hydrogen-bond acceptors (Lipinski definition) is 3. The minimum absolute atomic E-state index is 0.0282. The van der Waals surface area contributed by atoms with Gasteiger partial charge in [0.05, 0.1) is 5.41 Å². The van der Waals surface area contributed by atoms with Gasteiger partial charge in [-0.05, 0) is 41.8 Å². The first-order valence-electron chi connectivity index (χ1n) is 9.90. The molecule has 0 spiro atoms. The predicted octanol–water partition coefficient (Wildman–Crippen LogP) is 4.36. The second-order valence-electron chi connectivity index (χ2n) is 8.79. The fraction of sp³-hybridized carbons (Fsp3) is 0.478. The Balaban J connectivity index is 1.89. The zero-order valence-electron chi connectivity index (χ0n) is 17.2. The highest BCUT2D eigenvalue weighted by molar-refractivity contribution is 7.13. The maximum Gasteiger partial charge on any atom is 0.228 e. The molecule has 0 radical (unpaired) electrons. The fourth-order valence-corrected chi connectivity index (χ4v) is 4.85. The first-order chi connectivity index (χ1) is 13.2. The lowest BCUT2D eigenvalue weighted by Gasteiger charge is -2.43. The molecule has 1 aromatic heterocycles. The summed E-state index contributed by atoms with van der Waals surface area (Å²) in [5.74, 6) is 0.147. The van der Waals surface area contributed by atoms with Crippen molar-refractivity contribution in [1.29, 1.82) is 0 Å². The average Bonchev–Trinajstić information content (AvgIpc) is 3.21. The lowest BCUT2D eigenvalue weighted by atomic mass is 9.73. The molecular weight excluding hydrogens is 368 g/mol. The highest BCUT2D eigenvalue weighted by atomic mass is 32.1. The van der Waals surface area contributed by atoms with Gasteiger partial charge in [-0.2, -0.15) is 0 Å². The number of nitrogens with zero attached hydrogens (tertiary/aromatic N) is 1. The zero-order valence-corrected chi connectivity index (χ0v) is 18.1. The Morgan fingerprint density at radius 3 is 2.64 bits per heavy atom. The molecule has 1 aliphatic rings. The zero-order chi connectivity index (χ0) is 20.4. The normalized spacial score (nSPS) is 20.1. The van der Waals surface area contributed by atoms with Gasteiger partial charge in [0.1, 0.15) is 0 Å². The van der Waals surface area contributed by atoms with Gasteiger partial charge in [0.15, 0.2) is 0 Å². The molecule has 1 N–H and O–H groups in total. The summed E-state index contributed by atoms with van der Waals surface area (Å²) in [7, 11) is 1.69. The smallest absolute Gasteiger partial charge is 0.228 e. The summed E-state index contributed by atoms with van der Waals surface area (Å²) in [5, 5.41) is 4.94. The first-order valence-corrected chi connectivity index (χ1v) is 10.8. The Kier molecular flexibility index (Phi) is 5.94. The number of hydrogen-bond donors (Lipinski definition) is 1. The minimum atomic E-state index is -0.581. The van der Waals surface area contributed by atoms with Gasteiger partial charge < -0.3 is 10.2 Å². The van der Waals surface area contributed by atoms with Crippen LogP contribution in [0.1, 0.15) is 39.2 Å². The summed E-state index contributed by atoms with van der Waals surface area (Å²) in [6.07, 6.45) is 2.28. The molecule has 0 aliphatic carbocycles. The lowest BCUT2D eigenvalue weighted by Crippen LogP contribution is -2.55. The highest BCUT2D eigenvalue weighted by Crippen LogP contribution is 2.37. The molecule has 1 aromatic carbocycles. The van der Waals surface area contributed by atoms with Gasteiger partial charge in [-0.15, -0.1) is 11.3 Å². The lowest BCUT2D eigenvalue weighted by molar-refractivity contribution is -0.147. The third-order valence-corrected chi connectivity index (χ3v) is 6.41. The van der Waals surface area contributed by atoms with Crippen molar-refractivity contribution in [3.05, 3.63) is 47.3 Å². The van der Waals surface area contributed by atoms with Crippen LogP contribution in [0.5, 0.6) is 0 Å². The van der Waals surface area contributed by atoms with Crippen LogP contribution in [0.3, 0.4) is 0 Å². The van der Waals surface area contributed by atoms with Crippen LogP contribution in [-0.2, 0) is 16.0 Å². The summed E-state index contributed by atoms with van der Waals surface area (Å²) in [5.41, 5.74) is 1.30. The summed E-state index contributed by atoms with van der Waals surface area (Å²) in [6, 6.07) is 12.6. The van der Waals surface area contributed by atoms with Crippen molar-refractivity contribution < 1.29 is 9.59 Å². The fourth-order valence-electron chi connectivity index (χ4n) is 4.12. The molecule has 2 heterocycles. The number of amides is 2. The molecule has 1 atom stereocenters. The molecule has 1 fully saturated rings. The number of rotatable bonds is 4. The summed E-state index contributed by atoms with van der Waals surface area (Å²) in [4.78, 5) is 29.0. The molecule has 150 valence electrons. The van der Waals surface area contributed by atoms with Crippen molar-refractivity contribution in [2.45, 2.75) is 40.0 Å². The first kappa shape index (κ1) is 20.6. The number of benzene rings is 1. The third-order valence-electron chi connectivity index (χ3n) is 5.49. The summed E-state index contributed by atoms with van der Waals surface area (Å²) < 4.78 is 0. The van der Waals surface area contributed by atoms with E-state index in [0.717, 1.165) is 24.9 Å². The van der Waals surface area contributed by atoms with Crippen LogP contribution in [0.2, 0.25) is 0 Å². The molecule has 2 aromatic rings. The Bertz CT molecular complexity index is 839. The molecular formula is C23H30N2O2S. The molecule has 0 bridgehead atoms. The van der Waals surface area contributed by atoms with Gasteiger partial charge in [-0.1, -0.05) is 51.1 Å². The molecule has 3 rings (SSSR count). The second-order valence-corrected chi connectivity index (χ2v) is 9.74. The average molecular weight is 399 g/mol. The monoisotopic (exact) mass is 398 g/mol. The molecule has 2 amide bonds. The number of likely N-dealkylation sites (tertiary alicyclic amines) is 1. The van der Waals surface area contributed by atoms with E-state index < -0.39 is 10.8 Å². The van der Waals surface area contributed by atoms with Gasteiger partial charge in [-0.3, -0.25) is 9.59 Å². The third kappa shape index (κ3) is 4.30. The van der Waals surface area contributed by atoms with E-state index >= 15 is 0 Å². The van der Waals surface area contributed by atoms with Crippen molar-refractivity contribution in [2.24, 2.45) is 10.8 Å². The van der Waals surface area contributed by atoms with Crippen LogP contribution in [0.25, 0.3) is 10.4 Å². The van der Waals surface area contributed by atoms with Crippen LogP contribution in [0.4, 0.5) is 0 Å². The molecule has 0 saturated carbocycles.